The minimum Gasteiger partial charge on any atom is -0.493 e. The molecule has 0 radical (unpaired) electrons. The summed E-state index contributed by atoms with van der Waals surface area (Å²) in [4.78, 5) is 2.19. The van der Waals surface area contributed by atoms with Gasteiger partial charge in [-0.25, -0.2) is 0 Å². The van der Waals surface area contributed by atoms with Crippen molar-refractivity contribution in [3.63, 3.8) is 0 Å². The van der Waals surface area contributed by atoms with Crippen molar-refractivity contribution in [1.29, 1.82) is 0 Å². The summed E-state index contributed by atoms with van der Waals surface area (Å²) in [7, 11) is 3.24. The predicted molar refractivity (Wildman–Crippen MR) is 87.9 cm³/mol. The second-order valence-electron chi connectivity index (χ2n) is 5.26. The van der Waals surface area contributed by atoms with Gasteiger partial charge < -0.3 is 15.2 Å². The van der Waals surface area contributed by atoms with Gasteiger partial charge in [0.05, 0.1) is 19.8 Å². The molecule has 116 valence electrons. The fourth-order valence-electron chi connectivity index (χ4n) is 2.32. The first kappa shape index (κ1) is 17.3. The lowest BCUT2D eigenvalue weighted by Gasteiger charge is -2.32. The molecule has 21 heavy (non-hydrogen) atoms. The summed E-state index contributed by atoms with van der Waals surface area (Å²) in [5.74, 6) is 1.39. The van der Waals surface area contributed by atoms with E-state index in [4.69, 9.17) is 15.2 Å². The van der Waals surface area contributed by atoms with Crippen LogP contribution in [0.2, 0.25) is 0 Å². The van der Waals surface area contributed by atoms with E-state index in [0.29, 0.717) is 18.0 Å². The third-order valence-corrected chi connectivity index (χ3v) is 3.37. The lowest BCUT2D eigenvalue weighted by atomic mass is 9.92. The maximum Gasteiger partial charge on any atom is 0.161 e. The number of hydrogen-bond donors (Lipinski definition) is 1. The van der Waals surface area contributed by atoms with Crippen molar-refractivity contribution in [3.05, 3.63) is 49.1 Å². The number of ether oxygens (including phenoxy) is 2. The Labute approximate surface area is 127 Å². The van der Waals surface area contributed by atoms with Crippen LogP contribution >= 0.6 is 0 Å². The van der Waals surface area contributed by atoms with E-state index >= 15 is 0 Å². The van der Waals surface area contributed by atoms with Crippen molar-refractivity contribution in [3.8, 4) is 11.5 Å². The Balaban J connectivity index is 2.99. The van der Waals surface area contributed by atoms with Crippen molar-refractivity contribution < 1.29 is 9.47 Å². The number of rotatable bonds is 9. The monoisotopic (exact) mass is 290 g/mol. The van der Waals surface area contributed by atoms with E-state index in [-0.39, 0.29) is 0 Å². The zero-order valence-electron chi connectivity index (χ0n) is 13.3. The molecule has 4 heteroatoms. The first-order valence-corrected chi connectivity index (χ1v) is 6.94. The lowest BCUT2D eigenvalue weighted by molar-refractivity contribution is 0.257. The van der Waals surface area contributed by atoms with Crippen molar-refractivity contribution in [2.24, 2.45) is 5.73 Å². The smallest absolute Gasteiger partial charge is 0.161 e. The van der Waals surface area contributed by atoms with Gasteiger partial charge in [-0.15, -0.1) is 13.2 Å². The highest BCUT2D eigenvalue weighted by atomic mass is 16.5. The van der Waals surface area contributed by atoms with Crippen LogP contribution in [-0.4, -0.2) is 38.8 Å². The molecule has 1 rings (SSSR count). The molecular weight excluding hydrogens is 264 g/mol. The van der Waals surface area contributed by atoms with Crippen LogP contribution in [-0.2, 0) is 5.54 Å². The van der Waals surface area contributed by atoms with Gasteiger partial charge in [-0.3, -0.25) is 4.90 Å². The van der Waals surface area contributed by atoms with Crippen LogP contribution in [0, 0.1) is 0 Å². The van der Waals surface area contributed by atoms with Crippen LogP contribution in [0.25, 0.3) is 0 Å². The molecule has 4 nitrogen and oxygen atoms in total. The summed E-state index contributed by atoms with van der Waals surface area (Å²) >= 11 is 0. The standard InChI is InChI=1S/C17H26N2O2/c1-6-10-19(11-7-2)13-17(3,18)14-8-9-15(20-4)16(12-14)21-5/h6-9,12H,1-2,10-11,13,18H2,3-5H3. The number of methoxy groups -OCH3 is 2. The molecule has 1 aromatic rings. The van der Waals surface area contributed by atoms with Gasteiger partial charge in [0.2, 0.25) is 0 Å². The first-order chi connectivity index (χ1) is 9.98. The second-order valence-corrected chi connectivity index (χ2v) is 5.26. The Morgan fingerprint density at radius 3 is 2.19 bits per heavy atom. The van der Waals surface area contributed by atoms with Crippen LogP contribution < -0.4 is 15.2 Å². The average molecular weight is 290 g/mol. The van der Waals surface area contributed by atoms with Crippen molar-refractivity contribution in [2.45, 2.75) is 12.5 Å². The summed E-state index contributed by atoms with van der Waals surface area (Å²) in [6.45, 7) is 11.8. The van der Waals surface area contributed by atoms with E-state index in [9.17, 15) is 0 Å². The van der Waals surface area contributed by atoms with E-state index in [0.717, 1.165) is 18.7 Å². The maximum atomic E-state index is 6.51. The summed E-state index contributed by atoms with van der Waals surface area (Å²) < 4.78 is 10.6. The molecule has 1 aromatic carbocycles. The molecule has 1 atom stereocenters. The van der Waals surface area contributed by atoms with E-state index in [2.05, 4.69) is 18.1 Å². The number of hydrogen-bond acceptors (Lipinski definition) is 4. The maximum absolute atomic E-state index is 6.51. The summed E-state index contributed by atoms with van der Waals surface area (Å²) in [5, 5.41) is 0. The summed E-state index contributed by atoms with van der Waals surface area (Å²) in [6.07, 6.45) is 3.74. The topological polar surface area (TPSA) is 47.7 Å². The Kier molecular flexibility index (Phi) is 6.46. The number of nitrogens with zero attached hydrogens (tertiary/aromatic N) is 1. The van der Waals surface area contributed by atoms with Gasteiger partial charge in [-0.1, -0.05) is 18.2 Å². The van der Waals surface area contributed by atoms with Gasteiger partial charge in [0.25, 0.3) is 0 Å². The molecular formula is C17H26N2O2. The minimum absolute atomic E-state index is 0.508. The third kappa shape index (κ3) is 4.62. The molecule has 1 unspecified atom stereocenters. The van der Waals surface area contributed by atoms with Crippen LogP contribution in [0.15, 0.2) is 43.5 Å². The van der Waals surface area contributed by atoms with Gasteiger partial charge >= 0.3 is 0 Å². The van der Waals surface area contributed by atoms with Gasteiger partial charge in [0, 0.05) is 19.6 Å². The van der Waals surface area contributed by atoms with Crippen LogP contribution in [0.3, 0.4) is 0 Å². The highest BCUT2D eigenvalue weighted by Crippen LogP contribution is 2.31. The number of benzene rings is 1. The van der Waals surface area contributed by atoms with Gasteiger partial charge in [-0.2, -0.15) is 0 Å². The zero-order chi connectivity index (χ0) is 15.9. The predicted octanol–water partition coefficient (Wildman–Crippen LogP) is 2.55. The van der Waals surface area contributed by atoms with Crippen LogP contribution in [0.4, 0.5) is 0 Å². The summed E-state index contributed by atoms with van der Waals surface area (Å²) in [5.41, 5.74) is 7.00. The molecule has 0 aromatic heterocycles. The Morgan fingerprint density at radius 2 is 1.71 bits per heavy atom. The highest BCUT2D eigenvalue weighted by molar-refractivity contribution is 5.44. The van der Waals surface area contributed by atoms with E-state index in [1.54, 1.807) is 14.2 Å². The summed E-state index contributed by atoms with van der Waals surface area (Å²) in [6, 6.07) is 5.78. The SMILES string of the molecule is C=CCN(CC=C)CC(C)(N)c1ccc(OC)c(OC)c1. The molecule has 0 amide bonds. The van der Waals surface area contributed by atoms with Gasteiger partial charge in [0.15, 0.2) is 11.5 Å². The first-order valence-electron chi connectivity index (χ1n) is 6.94. The molecule has 2 N–H and O–H groups in total. The largest absolute Gasteiger partial charge is 0.493 e. The Hall–Kier alpha value is -1.78. The molecule has 0 aliphatic carbocycles. The Bertz CT molecular complexity index is 474. The highest BCUT2D eigenvalue weighted by Gasteiger charge is 2.25. The molecule has 0 saturated carbocycles. The average Bonchev–Trinajstić information content (AvgIpc) is 2.46. The molecule has 0 spiro atoms. The van der Waals surface area contributed by atoms with Crippen LogP contribution in [0.1, 0.15) is 12.5 Å². The van der Waals surface area contributed by atoms with Gasteiger partial charge in [0.1, 0.15) is 0 Å². The molecule has 0 fully saturated rings. The number of nitrogens with two attached hydrogens (primary N) is 1. The van der Waals surface area contributed by atoms with E-state index < -0.39 is 5.54 Å². The third-order valence-electron chi connectivity index (χ3n) is 3.37. The second kappa shape index (κ2) is 7.86. The molecule has 0 saturated heterocycles. The molecule has 0 aliphatic heterocycles. The van der Waals surface area contributed by atoms with Gasteiger partial charge in [-0.05, 0) is 24.6 Å². The van der Waals surface area contributed by atoms with Crippen LogP contribution in [0.5, 0.6) is 11.5 Å². The fourth-order valence-corrected chi connectivity index (χ4v) is 2.32. The minimum atomic E-state index is -0.508. The molecule has 0 bridgehead atoms. The van der Waals surface area contributed by atoms with E-state index in [1.165, 1.54) is 0 Å². The fraction of sp³-hybridized carbons (Fsp3) is 0.412. The van der Waals surface area contributed by atoms with E-state index in [1.807, 2.05) is 37.3 Å². The van der Waals surface area contributed by atoms with Crippen molar-refractivity contribution in [1.82, 2.24) is 4.90 Å². The zero-order valence-corrected chi connectivity index (χ0v) is 13.3. The quantitative estimate of drug-likeness (QED) is 0.710. The lowest BCUT2D eigenvalue weighted by Crippen LogP contribution is -2.45. The van der Waals surface area contributed by atoms with Crippen molar-refractivity contribution in [2.75, 3.05) is 33.9 Å². The normalized spacial score (nSPS) is 13.6. The Morgan fingerprint density at radius 1 is 1.14 bits per heavy atom. The van der Waals surface area contributed by atoms with Crippen molar-refractivity contribution >= 4 is 0 Å². The molecule has 0 heterocycles. The molecule has 0 aliphatic rings.